The van der Waals surface area contributed by atoms with Crippen LogP contribution in [0.1, 0.15) is 24.5 Å². The highest BCUT2D eigenvalue weighted by Gasteiger charge is 2.19. The number of aliphatic carboxylic acids is 1. The summed E-state index contributed by atoms with van der Waals surface area (Å²) in [5.74, 6) is -1.05. The average Bonchev–Trinajstić information content (AvgIpc) is 2.67. The van der Waals surface area contributed by atoms with Gasteiger partial charge >= 0.3 is 5.97 Å². The third-order valence-electron chi connectivity index (χ3n) is 4.05. The van der Waals surface area contributed by atoms with Crippen LogP contribution in [0.3, 0.4) is 0 Å². The number of hydrogen-bond donors (Lipinski definition) is 3. The standard InChI is InChI=1S/C21H24N2O5/c1-3-17(28-18-7-5-4-6-14(18)2)21(27)23-16-10-8-15(9-11-16)12-19(24)22-13-20(25)26/h4-11,17H,3,12-13H2,1-2H3,(H,22,24)(H,23,27)(H,25,26). The average molecular weight is 384 g/mol. The first-order valence-electron chi connectivity index (χ1n) is 8.99. The Hall–Kier alpha value is -3.35. The molecule has 0 heterocycles. The van der Waals surface area contributed by atoms with Crippen molar-refractivity contribution in [2.24, 2.45) is 0 Å². The van der Waals surface area contributed by atoms with Gasteiger partial charge in [-0.15, -0.1) is 0 Å². The van der Waals surface area contributed by atoms with E-state index in [4.69, 9.17) is 9.84 Å². The maximum atomic E-state index is 12.5. The highest BCUT2D eigenvalue weighted by molar-refractivity contribution is 5.94. The largest absolute Gasteiger partial charge is 0.480 e. The van der Waals surface area contributed by atoms with E-state index in [0.29, 0.717) is 23.4 Å². The number of anilines is 1. The van der Waals surface area contributed by atoms with E-state index in [-0.39, 0.29) is 18.2 Å². The van der Waals surface area contributed by atoms with Gasteiger partial charge in [0.1, 0.15) is 12.3 Å². The SMILES string of the molecule is CCC(Oc1ccccc1C)C(=O)Nc1ccc(CC(=O)NCC(=O)O)cc1. The summed E-state index contributed by atoms with van der Waals surface area (Å²) in [7, 11) is 0. The van der Waals surface area contributed by atoms with Crippen LogP contribution in [-0.2, 0) is 20.8 Å². The van der Waals surface area contributed by atoms with Crippen LogP contribution in [0.15, 0.2) is 48.5 Å². The number of para-hydroxylation sites is 1. The molecule has 0 aliphatic carbocycles. The van der Waals surface area contributed by atoms with Crippen molar-refractivity contribution in [3.8, 4) is 5.75 Å². The van der Waals surface area contributed by atoms with Crippen LogP contribution >= 0.6 is 0 Å². The maximum absolute atomic E-state index is 12.5. The van der Waals surface area contributed by atoms with Gasteiger partial charge in [-0.2, -0.15) is 0 Å². The fourth-order valence-electron chi connectivity index (χ4n) is 2.51. The van der Waals surface area contributed by atoms with Crippen molar-refractivity contribution in [3.63, 3.8) is 0 Å². The highest BCUT2D eigenvalue weighted by atomic mass is 16.5. The van der Waals surface area contributed by atoms with Crippen LogP contribution in [-0.4, -0.2) is 35.5 Å². The smallest absolute Gasteiger partial charge is 0.322 e. The van der Waals surface area contributed by atoms with E-state index in [2.05, 4.69) is 10.6 Å². The molecule has 148 valence electrons. The second-order valence-electron chi connectivity index (χ2n) is 6.31. The summed E-state index contributed by atoms with van der Waals surface area (Å²) in [4.78, 5) is 34.6. The lowest BCUT2D eigenvalue weighted by Crippen LogP contribution is -2.32. The molecular formula is C21H24N2O5. The Morgan fingerprint density at radius 1 is 1.07 bits per heavy atom. The first kappa shape index (κ1) is 21.0. The molecule has 7 heteroatoms. The molecule has 0 spiro atoms. The molecule has 1 atom stereocenters. The zero-order valence-corrected chi connectivity index (χ0v) is 15.9. The van der Waals surface area contributed by atoms with Crippen LogP contribution in [0.2, 0.25) is 0 Å². The summed E-state index contributed by atoms with van der Waals surface area (Å²) in [5.41, 5.74) is 2.26. The van der Waals surface area contributed by atoms with Gasteiger partial charge in [-0.05, 0) is 42.7 Å². The van der Waals surface area contributed by atoms with Gasteiger partial charge in [-0.1, -0.05) is 37.3 Å². The molecular weight excluding hydrogens is 360 g/mol. The minimum Gasteiger partial charge on any atom is -0.480 e. The van der Waals surface area contributed by atoms with Crippen molar-refractivity contribution in [1.82, 2.24) is 5.32 Å². The van der Waals surface area contributed by atoms with Crippen LogP contribution < -0.4 is 15.4 Å². The van der Waals surface area contributed by atoms with Crippen LogP contribution in [0.25, 0.3) is 0 Å². The Labute approximate surface area is 163 Å². The Morgan fingerprint density at radius 3 is 2.36 bits per heavy atom. The third-order valence-corrected chi connectivity index (χ3v) is 4.05. The van der Waals surface area contributed by atoms with Gasteiger partial charge in [0.05, 0.1) is 6.42 Å². The number of nitrogens with one attached hydrogen (secondary N) is 2. The van der Waals surface area contributed by atoms with Crippen LogP contribution in [0, 0.1) is 6.92 Å². The molecule has 3 N–H and O–H groups in total. The Bertz CT molecular complexity index is 833. The summed E-state index contributed by atoms with van der Waals surface area (Å²) < 4.78 is 5.84. The molecule has 2 rings (SSSR count). The number of amides is 2. The van der Waals surface area contributed by atoms with Crippen molar-refractivity contribution in [3.05, 3.63) is 59.7 Å². The number of carboxylic acid groups (broad SMARTS) is 1. The molecule has 2 aromatic rings. The first-order chi connectivity index (χ1) is 13.4. The number of carbonyl (C=O) groups is 3. The lowest BCUT2D eigenvalue weighted by Gasteiger charge is -2.18. The van der Waals surface area contributed by atoms with Crippen molar-refractivity contribution < 1.29 is 24.2 Å². The van der Waals surface area contributed by atoms with Crippen molar-refractivity contribution in [2.75, 3.05) is 11.9 Å². The van der Waals surface area contributed by atoms with Crippen molar-refractivity contribution in [2.45, 2.75) is 32.8 Å². The zero-order valence-electron chi connectivity index (χ0n) is 15.9. The number of rotatable bonds is 9. The van der Waals surface area contributed by atoms with E-state index in [1.54, 1.807) is 24.3 Å². The zero-order chi connectivity index (χ0) is 20.5. The molecule has 0 radical (unpaired) electrons. The van der Waals surface area contributed by atoms with Gasteiger partial charge in [0, 0.05) is 5.69 Å². The summed E-state index contributed by atoms with van der Waals surface area (Å²) in [6, 6.07) is 14.3. The molecule has 28 heavy (non-hydrogen) atoms. The molecule has 0 bridgehead atoms. The quantitative estimate of drug-likeness (QED) is 0.616. The fourth-order valence-corrected chi connectivity index (χ4v) is 2.51. The van der Waals surface area contributed by atoms with Crippen molar-refractivity contribution >= 4 is 23.5 Å². The third kappa shape index (κ3) is 6.42. The molecule has 0 fully saturated rings. The highest BCUT2D eigenvalue weighted by Crippen LogP contribution is 2.20. The van der Waals surface area contributed by atoms with Crippen LogP contribution in [0.5, 0.6) is 5.75 Å². The monoisotopic (exact) mass is 384 g/mol. The molecule has 2 aromatic carbocycles. The number of aryl methyl sites for hydroxylation is 1. The topological polar surface area (TPSA) is 105 Å². The molecule has 0 aromatic heterocycles. The Kier molecular flexibility index (Phi) is 7.56. The number of carbonyl (C=O) groups excluding carboxylic acids is 2. The van der Waals surface area contributed by atoms with E-state index in [0.717, 1.165) is 5.56 Å². The molecule has 2 amide bonds. The summed E-state index contributed by atoms with van der Waals surface area (Å²) in [6.45, 7) is 3.39. The van der Waals surface area contributed by atoms with E-state index in [1.165, 1.54) is 0 Å². The normalized spacial score (nSPS) is 11.4. The lowest BCUT2D eigenvalue weighted by molar-refractivity contribution is -0.137. The van der Waals surface area contributed by atoms with Crippen LogP contribution in [0.4, 0.5) is 5.69 Å². The molecule has 1 unspecified atom stereocenters. The fraction of sp³-hybridized carbons (Fsp3) is 0.286. The van der Waals surface area contributed by atoms with E-state index in [1.807, 2.05) is 38.1 Å². The molecule has 7 nitrogen and oxygen atoms in total. The maximum Gasteiger partial charge on any atom is 0.322 e. The Balaban J connectivity index is 1.93. The van der Waals surface area contributed by atoms with Crippen molar-refractivity contribution in [1.29, 1.82) is 0 Å². The predicted octanol–water partition coefficient (Wildman–Crippen LogP) is 2.53. The summed E-state index contributed by atoms with van der Waals surface area (Å²) in [5, 5.41) is 13.7. The molecule has 0 saturated heterocycles. The minimum atomic E-state index is -1.09. The summed E-state index contributed by atoms with van der Waals surface area (Å²) >= 11 is 0. The molecule has 0 saturated carbocycles. The lowest BCUT2D eigenvalue weighted by atomic mass is 10.1. The van der Waals surface area contributed by atoms with Gasteiger partial charge in [0.15, 0.2) is 6.10 Å². The molecule has 0 aliphatic heterocycles. The molecule has 0 aliphatic rings. The van der Waals surface area contributed by atoms with Gasteiger partial charge in [-0.25, -0.2) is 0 Å². The number of carboxylic acids is 1. The minimum absolute atomic E-state index is 0.0650. The second kappa shape index (κ2) is 10.1. The van der Waals surface area contributed by atoms with Gasteiger partial charge in [0.25, 0.3) is 5.91 Å². The van der Waals surface area contributed by atoms with Gasteiger partial charge < -0.3 is 20.5 Å². The number of benzene rings is 2. The number of ether oxygens (including phenoxy) is 1. The predicted molar refractivity (Wildman–Crippen MR) is 105 cm³/mol. The first-order valence-corrected chi connectivity index (χ1v) is 8.99. The van der Waals surface area contributed by atoms with E-state index < -0.39 is 18.6 Å². The number of hydrogen-bond acceptors (Lipinski definition) is 4. The second-order valence-corrected chi connectivity index (χ2v) is 6.31. The van der Waals surface area contributed by atoms with Gasteiger partial charge in [0.2, 0.25) is 5.91 Å². The van der Waals surface area contributed by atoms with E-state index >= 15 is 0 Å². The van der Waals surface area contributed by atoms with E-state index in [9.17, 15) is 14.4 Å². The Morgan fingerprint density at radius 2 is 1.75 bits per heavy atom. The van der Waals surface area contributed by atoms with Gasteiger partial charge in [-0.3, -0.25) is 14.4 Å². The summed E-state index contributed by atoms with van der Waals surface area (Å²) in [6.07, 6.45) is -0.0418.